The number of alkyl halides is 3. The predicted molar refractivity (Wildman–Crippen MR) is 84.7 cm³/mol. The Balaban J connectivity index is 1.75. The Morgan fingerprint density at radius 3 is 2.52 bits per heavy atom. The zero-order valence-electron chi connectivity index (χ0n) is 13.2. The molecule has 0 saturated heterocycles. The van der Waals surface area contributed by atoms with Crippen LogP contribution < -0.4 is 4.74 Å². The van der Waals surface area contributed by atoms with Crippen LogP contribution in [0.4, 0.5) is 13.2 Å². The summed E-state index contributed by atoms with van der Waals surface area (Å²) >= 11 is 5.86. The number of rotatable bonds is 5. The van der Waals surface area contributed by atoms with Crippen LogP contribution in [0.3, 0.4) is 0 Å². The number of carbonyl (C=O) groups is 1. The maximum Gasteiger partial charge on any atom is 0.416 e. The number of carboxylic acid groups (broad SMARTS) is 1. The first-order chi connectivity index (χ1) is 12.8. The number of hydrogen-bond acceptors (Lipinski definition) is 6. The average Bonchev–Trinajstić information content (AvgIpc) is 3.10. The fourth-order valence-electron chi connectivity index (χ4n) is 2.09. The van der Waals surface area contributed by atoms with E-state index in [1.54, 1.807) is 0 Å². The van der Waals surface area contributed by atoms with Crippen LogP contribution in [-0.2, 0) is 12.8 Å². The second kappa shape index (κ2) is 7.19. The Morgan fingerprint density at radius 1 is 1.22 bits per heavy atom. The maximum absolute atomic E-state index is 13.1. The minimum absolute atomic E-state index is 0.0103. The molecule has 0 unspecified atom stereocenters. The number of nitrogens with zero attached hydrogens (tertiary/aromatic N) is 5. The Kier molecular flexibility index (Phi) is 4.95. The van der Waals surface area contributed by atoms with Gasteiger partial charge in [0.1, 0.15) is 12.9 Å². The monoisotopic (exact) mass is 399 g/mol. The van der Waals surface area contributed by atoms with Gasteiger partial charge in [-0.25, -0.2) is 19.7 Å². The van der Waals surface area contributed by atoms with Crippen molar-refractivity contribution in [3.05, 3.63) is 58.9 Å². The lowest BCUT2D eigenvalue weighted by molar-refractivity contribution is -0.138. The lowest BCUT2D eigenvalue weighted by atomic mass is 10.1. The Hall–Kier alpha value is -3.21. The minimum Gasteiger partial charge on any atom is -0.486 e. The van der Waals surface area contributed by atoms with E-state index in [9.17, 15) is 18.0 Å². The van der Waals surface area contributed by atoms with E-state index >= 15 is 0 Å². The largest absolute Gasteiger partial charge is 0.486 e. The molecule has 140 valence electrons. The van der Waals surface area contributed by atoms with Gasteiger partial charge < -0.3 is 9.84 Å². The molecule has 1 aromatic carbocycles. The Morgan fingerprint density at radius 2 is 1.93 bits per heavy atom. The Bertz CT molecular complexity index is 976. The molecule has 3 aromatic rings. The number of aromatic carboxylic acids is 1. The number of hydrogen-bond donors (Lipinski definition) is 1. The van der Waals surface area contributed by atoms with Crippen LogP contribution in [0.2, 0.25) is 5.02 Å². The van der Waals surface area contributed by atoms with Gasteiger partial charge in [-0.2, -0.15) is 17.9 Å². The van der Waals surface area contributed by atoms with Crippen LogP contribution in [0.25, 0.3) is 5.95 Å². The first kappa shape index (κ1) is 18.6. The van der Waals surface area contributed by atoms with Crippen molar-refractivity contribution in [1.29, 1.82) is 0 Å². The molecule has 0 saturated carbocycles. The average molecular weight is 400 g/mol. The highest BCUT2D eigenvalue weighted by atomic mass is 35.5. The highest BCUT2D eigenvalue weighted by Crippen LogP contribution is 2.35. The van der Waals surface area contributed by atoms with Crippen molar-refractivity contribution >= 4 is 17.6 Å². The van der Waals surface area contributed by atoms with Gasteiger partial charge in [-0.15, -0.1) is 5.10 Å². The molecule has 1 N–H and O–H groups in total. The second-order valence-corrected chi connectivity index (χ2v) is 5.50. The van der Waals surface area contributed by atoms with Gasteiger partial charge in [0, 0.05) is 10.6 Å². The van der Waals surface area contributed by atoms with E-state index in [0.29, 0.717) is 0 Å². The zero-order valence-corrected chi connectivity index (χ0v) is 13.9. The molecule has 0 aliphatic carbocycles. The SMILES string of the molecule is O=C(O)c1ncn(-c2ncc(OCc3c(Cl)cccc3C(F)(F)F)cn2)n1. The van der Waals surface area contributed by atoms with E-state index in [0.717, 1.165) is 17.1 Å². The molecule has 0 spiro atoms. The highest BCUT2D eigenvalue weighted by Gasteiger charge is 2.34. The summed E-state index contributed by atoms with van der Waals surface area (Å²) in [6.07, 6.45) is -1.05. The van der Waals surface area contributed by atoms with Crippen LogP contribution >= 0.6 is 11.6 Å². The molecule has 0 radical (unpaired) electrons. The molecule has 0 bridgehead atoms. The molecular formula is C15H9ClF3N5O3. The normalized spacial score (nSPS) is 11.4. The van der Waals surface area contributed by atoms with Crippen LogP contribution in [-0.4, -0.2) is 35.8 Å². The highest BCUT2D eigenvalue weighted by molar-refractivity contribution is 6.31. The van der Waals surface area contributed by atoms with E-state index < -0.39 is 30.1 Å². The van der Waals surface area contributed by atoms with Gasteiger partial charge >= 0.3 is 12.1 Å². The van der Waals surface area contributed by atoms with Crippen molar-refractivity contribution in [2.75, 3.05) is 0 Å². The van der Waals surface area contributed by atoms with E-state index in [2.05, 4.69) is 20.1 Å². The van der Waals surface area contributed by atoms with Crippen molar-refractivity contribution in [2.45, 2.75) is 12.8 Å². The number of aromatic nitrogens is 5. The van der Waals surface area contributed by atoms with E-state index in [1.807, 2.05) is 0 Å². The molecule has 27 heavy (non-hydrogen) atoms. The summed E-state index contributed by atoms with van der Waals surface area (Å²) in [6, 6.07) is 3.45. The minimum atomic E-state index is -4.57. The number of carboxylic acids is 1. The van der Waals surface area contributed by atoms with Gasteiger partial charge in [-0.3, -0.25) is 0 Å². The zero-order chi connectivity index (χ0) is 19.6. The third-order valence-corrected chi connectivity index (χ3v) is 3.66. The summed E-state index contributed by atoms with van der Waals surface area (Å²) in [7, 11) is 0. The van der Waals surface area contributed by atoms with Crippen LogP contribution in [0.5, 0.6) is 5.75 Å². The fourth-order valence-corrected chi connectivity index (χ4v) is 2.32. The van der Waals surface area contributed by atoms with E-state index in [1.165, 1.54) is 24.5 Å². The van der Waals surface area contributed by atoms with Gasteiger partial charge in [-0.1, -0.05) is 17.7 Å². The van der Waals surface area contributed by atoms with Crippen molar-refractivity contribution in [3.8, 4) is 11.7 Å². The summed E-state index contributed by atoms with van der Waals surface area (Å²) in [5, 5.41) is 12.4. The van der Waals surface area contributed by atoms with Crippen LogP contribution in [0, 0.1) is 0 Å². The summed E-state index contributed by atoms with van der Waals surface area (Å²) in [5.41, 5.74) is -1.10. The molecule has 0 aliphatic rings. The van der Waals surface area contributed by atoms with Gasteiger partial charge in [0.25, 0.3) is 11.8 Å². The molecule has 0 aliphatic heterocycles. The molecule has 2 heterocycles. The predicted octanol–water partition coefficient (Wildman–Crippen LogP) is 3.01. The van der Waals surface area contributed by atoms with Gasteiger partial charge in [0.2, 0.25) is 0 Å². The molecule has 3 rings (SSSR count). The third-order valence-electron chi connectivity index (χ3n) is 3.31. The first-order valence-electron chi connectivity index (χ1n) is 7.20. The molecular weight excluding hydrogens is 391 g/mol. The van der Waals surface area contributed by atoms with Crippen molar-refractivity contribution in [2.24, 2.45) is 0 Å². The van der Waals surface area contributed by atoms with Gasteiger partial charge in [0.15, 0.2) is 5.75 Å². The standard InChI is InChI=1S/C15H9ClF3N5O3/c16-11-3-1-2-10(15(17,18)19)9(11)6-27-8-4-20-14(21-5-8)24-7-22-12(23-24)13(25)26/h1-5,7H,6H2,(H,25,26). The summed E-state index contributed by atoms with van der Waals surface area (Å²) < 4.78 is 45.5. The molecule has 0 amide bonds. The topological polar surface area (TPSA) is 103 Å². The fraction of sp³-hybridized carbons (Fsp3) is 0.133. The number of ether oxygens (including phenoxy) is 1. The molecule has 2 aromatic heterocycles. The van der Waals surface area contributed by atoms with Crippen molar-refractivity contribution < 1.29 is 27.8 Å². The molecule has 8 nitrogen and oxygen atoms in total. The smallest absolute Gasteiger partial charge is 0.416 e. The number of benzene rings is 1. The summed E-state index contributed by atoms with van der Waals surface area (Å²) in [6.45, 7) is -0.441. The number of halogens is 4. The summed E-state index contributed by atoms with van der Waals surface area (Å²) in [4.78, 5) is 22.1. The maximum atomic E-state index is 13.1. The summed E-state index contributed by atoms with van der Waals surface area (Å²) in [5.74, 6) is -1.65. The van der Waals surface area contributed by atoms with Crippen molar-refractivity contribution in [3.63, 3.8) is 0 Å². The molecule has 0 atom stereocenters. The van der Waals surface area contributed by atoms with Crippen molar-refractivity contribution in [1.82, 2.24) is 24.7 Å². The quantitative estimate of drug-likeness (QED) is 0.703. The molecule has 12 heteroatoms. The van der Waals surface area contributed by atoms with Gasteiger partial charge in [-0.05, 0) is 12.1 Å². The van der Waals surface area contributed by atoms with Crippen LogP contribution in [0.15, 0.2) is 36.9 Å². The van der Waals surface area contributed by atoms with Crippen LogP contribution in [0.1, 0.15) is 21.7 Å². The van der Waals surface area contributed by atoms with Gasteiger partial charge in [0.05, 0.1) is 18.0 Å². The third kappa shape index (κ3) is 4.14. The van der Waals surface area contributed by atoms with E-state index in [4.69, 9.17) is 21.4 Å². The Labute approximate surface area is 154 Å². The molecule has 0 fully saturated rings. The second-order valence-electron chi connectivity index (χ2n) is 5.09. The first-order valence-corrected chi connectivity index (χ1v) is 7.58. The lowest BCUT2D eigenvalue weighted by Gasteiger charge is -2.14. The van der Waals surface area contributed by atoms with E-state index in [-0.39, 0.29) is 22.3 Å². The lowest BCUT2D eigenvalue weighted by Crippen LogP contribution is -2.11.